The largest absolute Gasteiger partial charge is 0.340 e. The van der Waals surface area contributed by atoms with Gasteiger partial charge in [0, 0.05) is 32.6 Å². The molecule has 3 rings (SSSR count). The van der Waals surface area contributed by atoms with Crippen molar-refractivity contribution in [2.24, 2.45) is 0 Å². The lowest BCUT2D eigenvalue weighted by molar-refractivity contribution is 0.319. The molecule has 1 aliphatic heterocycles. The van der Waals surface area contributed by atoms with Crippen molar-refractivity contribution in [2.75, 3.05) is 13.1 Å². The lowest BCUT2D eigenvalue weighted by atomic mass is 10.2. The van der Waals surface area contributed by atoms with Gasteiger partial charge in [-0.3, -0.25) is 4.90 Å². The maximum absolute atomic E-state index is 4.97. The van der Waals surface area contributed by atoms with E-state index in [1.807, 2.05) is 6.92 Å². The van der Waals surface area contributed by atoms with Crippen LogP contribution in [-0.2, 0) is 13.1 Å². The van der Waals surface area contributed by atoms with E-state index in [0.717, 1.165) is 25.5 Å². The van der Waals surface area contributed by atoms with Gasteiger partial charge in [0.15, 0.2) is 5.82 Å². The van der Waals surface area contributed by atoms with Gasteiger partial charge in [-0.05, 0) is 12.0 Å². The Morgan fingerprint density at radius 2 is 2.20 bits per heavy atom. The number of rotatable bonds is 5. The number of likely N-dealkylation sites (tertiary alicyclic amines) is 1. The summed E-state index contributed by atoms with van der Waals surface area (Å²) in [6, 6.07) is 11.1. The van der Waals surface area contributed by atoms with Crippen LogP contribution in [0.15, 0.2) is 34.9 Å². The molecule has 1 saturated heterocycles. The van der Waals surface area contributed by atoms with Crippen LogP contribution < -0.4 is 5.32 Å². The first-order valence-corrected chi connectivity index (χ1v) is 7.08. The summed E-state index contributed by atoms with van der Waals surface area (Å²) in [6.45, 7) is 5.73. The highest BCUT2D eigenvalue weighted by molar-refractivity contribution is 5.14. The van der Waals surface area contributed by atoms with Gasteiger partial charge in [-0.2, -0.15) is 4.98 Å². The second-order valence-electron chi connectivity index (χ2n) is 5.32. The molecule has 1 unspecified atom stereocenters. The summed E-state index contributed by atoms with van der Waals surface area (Å²) >= 11 is 0. The second kappa shape index (κ2) is 6.15. The molecule has 106 valence electrons. The zero-order valence-corrected chi connectivity index (χ0v) is 11.7. The van der Waals surface area contributed by atoms with Gasteiger partial charge in [0.05, 0.1) is 6.54 Å². The summed E-state index contributed by atoms with van der Waals surface area (Å²) in [4.78, 5) is 6.69. The van der Waals surface area contributed by atoms with Crippen LogP contribution >= 0.6 is 0 Å². The topological polar surface area (TPSA) is 54.2 Å². The Morgan fingerprint density at radius 3 is 2.95 bits per heavy atom. The van der Waals surface area contributed by atoms with Crippen LogP contribution in [0.25, 0.3) is 0 Å². The predicted molar refractivity (Wildman–Crippen MR) is 76.0 cm³/mol. The Kier molecular flexibility index (Phi) is 4.08. The zero-order chi connectivity index (χ0) is 13.8. The van der Waals surface area contributed by atoms with Crippen molar-refractivity contribution in [2.45, 2.75) is 32.5 Å². The van der Waals surface area contributed by atoms with Crippen molar-refractivity contribution in [1.82, 2.24) is 20.4 Å². The average Bonchev–Trinajstić information content (AvgIpc) is 3.07. The molecule has 0 amide bonds. The van der Waals surface area contributed by atoms with E-state index in [1.165, 1.54) is 12.0 Å². The quantitative estimate of drug-likeness (QED) is 0.898. The van der Waals surface area contributed by atoms with E-state index in [1.54, 1.807) is 0 Å². The van der Waals surface area contributed by atoms with Gasteiger partial charge in [0.2, 0.25) is 5.89 Å². The number of hydrogen-bond donors (Lipinski definition) is 1. The van der Waals surface area contributed by atoms with E-state index in [0.29, 0.717) is 18.5 Å². The molecule has 1 aromatic carbocycles. The standard InChI is InChI=1S/C15H20N4O/c1-12-17-15(18-20-12)9-16-14-7-8-19(11-14)10-13-5-3-2-4-6-13/h2-6,14,16H,7-11H2,1H3. The molecule has 20 heavy (non-hydrogen) atoms. The number of nitrogens with zero attached hydrogens (tertiary/aromatic N) is 3. The van der Waals surface area contributed by atoms with Crippen LogP contribution in [0.2, 0.25) is 0 Å². The fourth-order valence-corrected chi connectivity index (χ4v) is 2.63. The normalized spacial score (nSPS) is 19.6. The molecule has 1 fully saturated rings. The van der Waals surface area contributed by atoms with Crippen molar-refractivity contribution in [3.63, 3.8) is 0 Å². The highest BCUT2D eigenvalue weighted by Gasteiger charge is 2.22. The third kappa shape index (κ3) is 3.43. The van der Waals surface area contributed by atoms with Crippen molar-refractivity contribution < 1.29 is 4.52 Å². The lowest BCUT2D eigenvalue weighted by Gasteiger charge is -2.16. The third-order valence-corrected chi connectivity index (χ3v) is 3.64. The number of hydrogen-bond acceptors (Lipinski definition) is 5. The van der Waals surface area contributed by atoms with Gasteiger partial charge in [0.1, 0.15) is 0 Å². The zero-order valence-electron chi connectivity index (χ0n) is 11.7. The maximum atomic E-state index is 4.97. The fourth-order valence-electron chi connectivity index (χ4n) is 2.63. The minimum absolute atomic E-state index is 0.512. The highest BCUT2D eigenvalue weighted by atomic mass is 16.5. The molecular weight excluding hydrogens is 252 g/mol. The summed E-state index contributed by atoms with van der Waals surface area (Å²) in [7, 11) is 0. The van der Waals surface area contributed by atoms with Gasteiger partial charge in [-0.15, -0.1) is 0 Å². The van der Waals surface area contributed by atoms with Gasteiger partial charge in [0.25, 0.3) is 0 Å². The van der Waals surface area contributed by atoms with E-state index < -0.39 is 0 Å². The Hall–Kier alpha value is -1.72. The molecule has 5 nitrogen and oxygen atoms in total. The van der Waals surface area contributed by atoms with Crippen LogP contribution in [0.3, 0.4) is 0 Å². The molecule has 0 radical (unpaired) electrons. The number of aromatic nitrogens is 2. The van der Waals surface area contributed by atoms with E-state index >= 15 is 0 Å². The van der Waals surface area contributed by atoms with Gasteiger partial charge in [-0.1, -0.05) is 35.5 Å². The minimum Gasteiger partial charge on any atom is -0.340 e. The van der Waals surface area contributed by atoms with E-state index in [-0.39, 0.29) is 0 Å². The molecule has 1 aliphatic rings. The number of benzene rings is 1. The molecule has 1 atom stereocenters. The smallest absolute Gasteiger partial charge is 0.223 e. The van der Waals surface area contributed by atoms with Crippen LogP contribution in [0.1, 0.15) is 23.7 Å². The number of aryl methyl sites for hydroxylation is 1. The van der Waals surface area contributed by atoms with Crippen molar-refractivity contribution >= 4 is 0 Å². The first-order valence-electron chi connectivity index (χ1n) is 7.08. The summed E-state index contributed by atoms with van der Waals surface area (Å²) in [5.74, 6) is 1.36. The monoisotopic (exact) mass is 272 g/mol. The molecule has 1 N–H and O–H groups in total. The predicted octanol–water partition coefficient (Wildman–Crippen LogP) is 1.74. The van der Waals surface area contributed by atoms with Crippen LogP contribution in [-0.4, -0.2) is 34.2 Å². The Bertz CT molecular complexity index is 540. The highest BCUT2D eigenvalue weighted by Crippen LogP contribution is 2.13. The van der Waals surface area contributed by atoms with E-state index in [9.17, 15) is 0 Å². The van der Waals surface area contributed by atoms with Gasteiger partial charge < -0.3 is 9.84 Å². The molecule has 0 aliphatic carbocycles. The maximum Gasteiger partial charge on any atom is 0.223 e. The first-order chi connectivity index (χ1) is 9.79. The summed E-state index contributed by atoms with van der Waals surface area (Å²) in [5, 5.41) is 7.40. The summed E-state index contributed by atoms with van der Waals surface area (Å²) in [6.07, 6.45) is 1.17. The van der Waals surface area contributed by atoms with Crippen LogP contribution in [0.4, 0.5) is 0 Å². The average molecular weight is 272 g/mol. The first kappa shape index (κ1) is 13.3. The Morgan fingerprint density at radius 1 is 1.35 bits per heavy atom. The van der Waals surface area contributed by atoms with Gasteiger partial charge >= 0.3 is 0 Å². The molecule has 5 heteroatoms. The van der Waals surface area contributed by atoms with Crippen molar-refractivity contribution in [3.8, 4) is 0 Å². The van der Waals surface area contributed by atoms with E-state index in [4.69, 9.17) is 4.52 Å². The van der Waals surface area contributed by atoms with E-state index in [2.05, 4.69) is 50.7 Å². The molecule has 0 spiro atoms. The Balaban J connectivity index is 1.45. The number of nitrogens with one attached hydrogen (secondary N) is 1. The fraction of sp³-hybridized carbons (Fsp3) is 0.467. The molecule has 0 saturated carbocycles. The Labute approximate surface area is 119 Å². The SMILES string of the molecule is Cc1nc(CNC2CCN(Cc3ccccc3)C2)no1. The summed E-state index contributed by atoms with van der Waals surface area (Å²) < 4.78 is 4.97. The molecule has 2 heterocycles. The molecule has 2 aromatic rings. The third-order valence-electron chi connectivity index (χ3n) is 3.64. The van der Waals surface area contributed by atoms with Crippen LogP contribution in [0, 0.1) is 6.92 Å². The molecule has 1 aromatic heterocycles. The van der Waals surface area contributed by atoms with Crippen molar-refractivity contribution in [1.29, 1.82) is 0 Å². The lowest BCUT2D eigenvalue weighted by Crippen LogP contribution is -2.32. The minimum atomic E-state index is 0.512. The molecular formula is C15H20N4O. The molecule has 0 bridgehead atoms. The van der Waals surface area contributed by atoms with Crippen molar-refractivity contribution in [3.05, 3.63) is 47.6 Å². The second-order valence-corrected chi connectivity index (χ2v) is 5.32. The summed E-state index contributed by atoms with van der Waals surface area (Å²) in [5.41, 5.74) is 1.38. The van der Waals surface area contributed by atoms with Crippen LogP contribution in [0.5, 0.6) is 0 Å². The van der Waals surface area contributed by atoms with Gasteiger partial charge in [-0.25, -0.2) is 0 Å².